The molecule has 4 aliphatic heterocycles. The highest BCUT2D eigenvalue weighted by Crippen LogP contribution is 2.48. The summed E-state index contributed by atoms with van der Waals surface area (Å²) in [6.45, 7) is 10.1. The molecule has 6 aliphatic rings. The zero-order valence-corrected chi connectivity index (χ0v) is 76.0. The van der Waals surface area contributed by atoms with Crippen LogP contribution in [0.2, 0.25) is 0 Å². The molecule has 12 aromatic rings. The van der Waals surface area contributed by atoms with Gasteiger partial charge in [-0.1, -0.05) is 261 Å². The van der Waals surface area contributed by atoms with Gasteiger partial charge in [0.05, 0.1) is 112 Å². The van der Waals surface area contributed by atoms with E-state index in [1.54, 1.807) is 14.2 Å². The number of para-hydroxylation sites is 2. The highest BCUT2D eigenvalue weighted by atomic mass is 16.6. The molecule has 22 nitrogen and oxygen atoms in total. The number of Topliss-reactive ketones (excluding diaryl/α,β-unsaturated/α-hetero) is 2. The van der Waals surface area contributed by atoms with Gasteiger partial charge in [-0.15, -0.1) is 0 Å². The second-order valence-electron chi connectivity index (χ2n) is 34.2. The predicted molar refractivity (Wildman–Crippen MR) is 537 cm³/mol. The van der Waals surface area contributed by atoms with E-state index in [1.807, 2.05) is 182 Å². The van der Waals surface area contributed by atoms with Gasteiger partial charge in [0.1, 0.15) is 47.7 Å². The van der Waals surface area contributed by atoms with Crippen molar-refractivity contribution in [3.8, 4) is 23.0 Å². The van der Waals surface area contributed by atoms with Crippen LogP contribution < -0.4 is 93.3 Å². The summed E-state index contributed by atoms with van der Waals surface area (Å²) in [6, 6.07) is 72.1. The molecule has 0 unspecified atom stereocenters. The summed E-state index contributed by atoms with van der Waals surface area (Å²) in [4.78, 5) is 39.8. The third kappa shape index (κ3) is 20.7. The number of anilines is 6. The van der Waals surface area contributed by atoms with Crippen molar-refractivity contribution in [2.24, 2.45) is 9.81 Å². The van der Waals surface area contributed by atoms with Crippen LogP contribution in [-0.4, -0.2) is 156 Å². The van der Waals surface area contributed by atoms with Crippen LogP contribution >= 0.6 is 0 Å². The first-order chi connectivity index (χ1) is 65.1. The monoisotopic (exact) mass is 1770 g/mol. The summed E-state index contributed by atoms with van der Waals surface area (Å²) >= 11 is 0. The number of carbonyl (C=O) groups is 2. The molecule has 676 valence electrons. The third-order valence-corrected chi connectivity index (χ3v) is 25.3. The third-order valence-electron chi connectivity index (χ3n) is 25.3. The SMILES string of the molecule is CCCCCCCCCCOc1ccccc1B1N=c2c(=C3C(=O)C(c4ccc5cccc6c5c4NB(c4ccccc4OCCCCCCCCCC)N6)=C3O)ccc3cccc(c23)N1.COCCOCCOCCOc1ccc(B2N=c3c(=C4C(=O)C(c5ccc6cccc7c6c5NB(c5ccc(OCCOCCOCCOC)cc5)N7)=C4O)ccc4cccc(c34)N2)cc1. The van der Waals surface area contributed by atoms with E-state index >= 15 is 0 Å². The number of unbranched alkanes of at least 4 members (excludes halogenated alkanes) is 14. The fraction of sp³-hybridized carbons (Fsp3) is 0.321. The van der Waals surface area contributed by atoms with Crippen molar-refractivity contribution in [1.29, 1.82) is 0 Å². The molecule has 12 aromatic carbocycles. The van der Waals surface area contributed by atoms with E-state index in [2.05, 4.69) is 81.6 Å². The number of methoxy groups -OCH3 is 2. The highest BCUT2D eigenvalue weighted by Gasteiger charge is 2.42. The Morgan fingerprint density at radius 1 is 0.303 bits per heavy atom. The molecule has 0 fully saturated rings. The molecular formula is C106H116B4N8O14. The van der Waals surface area contributed by atoms with Crippen LogP contribution in [0.25, 0.3) is 65.4 Å². The molecule has 0 radical (unpaired) electrons. The van der Waals surface area contributed by atoms with Crippen LogP contribution in [-0.2, 0) is 38.0 Å². The number of rotatable bonds is 46. The number of ether oxygens (including phenoxy) is 10. The second-order valence-corrected chi connectivity index (χ2v) is 34.2. The van der Waals surface area contributed by atoms with Crippen molar-refractivity contribution < 1.29 is 67.2 Å². The van der Waals surface area contributed by atoms with Crippen LogP contribution in [0.5, 0.6) is 23.0 Å². The van der Waals surface area contributed by atoms with Crippen molar-refractivity contribution in [3.05, 3.63) is 262 Å². The first-order valence-electron chi connectivity index (χ1n) is 47.2. The second kappa shape index (κ2) is 44.6. The van der Waals surface area contributed by atoms with Gasteiger partial charge in [-0.25, -0.2) is 0 Å². The molecule has 0 spiro atoms. The molecule has 132 heavy (non-hydrogen) atoms. The van der Waals surface area contributed by atoms with Crippen molar-refractivity contribution in [1.82, 2.24) is 0 Å². The van der Waals surface area contributed by atoms with E-state index in [4.69, 9.17) is 57.2 Å². The molecule has 2 aliphatic carbocycles. The largest absolute Gasteiger partial charge is 0.506 e. The Morgan fingerprint density at radius 2 is 0.674 bits per heavy atom. The number of ketones is 2. The maximum atomic E-state index is 14.7. The van der Waals surface area contributed by atoms with Crippen LogP contribution in [0.1, 0.15) is 128 Å². The lowest BCUT2D eigenvalue weighted by molar-refractivity contribution is -0.110. The van der Waals surface area contributed by atoms with Crippen molar-refractivity contribution in [2.75, 3.05) is 138 Å². The van der Waals surface area contributed by atoms with Gasteiger partial charge in [-0.3, -0.25) is 9.59 Å². The minimum Gasteiger partial charge on any atom is -0.506 e. The Bertz CT molecular complexity index is 6480. The molecule has 18 rings (SSSR count). The predicted octanol–water partition coefficient (Wildman–Crippen LogP) is 15.9. The smallest absolute Gasteiger partial charge is 0.431 e. The van der Waals surface area contributed by atoms with Crippen LogP contribution in [0, 0.1) is 0 Å². The van der Waals surface area contributed by atoms with Gasteiger partial charge in [-0.05, 0) is 106 Å². The van der Waals surface area contributed by atoms with Crippen LogP contribution in [0.4, 0.5) is 34.1 Å². The van der Waals surface area contributed by atoms with E-state index < -0.39 is 14.0 Å². The van der Waals surface area contributed by atoms with Crippen LogP contribution in [0.3, 0.4) is 0 Å². The number of carbonyl (C=O) groups excluding carboxylic acids is 2. The Kier molecular flexibility index (Phi) is 30.9. The molecular weight excluding hydrogens is 1650 g/mol. The molecule has 0 amide bonds. The number of allylic oxidation sites excluding steroid dienone is 4. The maximum Gasteiger partial charge on any atom is 0.431 e. The van der Waals surface area contributed by atoms with E-state index in [0.29, 0.717) is 136 Å². The van der Waals surface area contributed by atoms with E-state index in [-0.39, 0.29) is 53.8 Å². The Morgan fingerprint density at radius 3 is 1.14 bits per heavy atom. The molecule has 26 heteroatoms. The quantitative estimate of drug-likeness (QED) is 0.0130. The summed E-state index contributed by atoms with van der Waals surface area (Å²) < 4.78 is 56.8. The minimum absolute atomic E-state index is 0.0217. The Hall–Kier alpha value is -12.5. The van der Waals surface area contributed by atoms with E-state index in [9.17, 15) is 19.8 Å². The number of nitrogens with zero attached hydrogens (tertiary/aromatic N) is 2. The summed E-state index contributed by atoms with van der Waals surface area (Å²) in [5.74, 6) is 2.53. The molecule has 0 aromatic heterocycles. The number of hydrogen-bond donors (Lipinski definition) is 8. The first kappa shape index (κ1) is 91.4. The first-order valence-corrected chi connectivity index (χ1v) is 47.2. The zero-order chi connectivity index (χ0) is 90.5. The summed E-state index contributed by atoms with van der Waals surface area (Å²) in [5.41, 5.74) is 11.4. The topological polar surface area (TPSA) is 264 Å². The molecule has 8 N–H and O–H groups in total. The molecule has 0 atom stereocenters. The van der Waals surface area contributed by atoms with Crippen molar-refractivity contribution in [3.63, 3.8) is 0 Å². The van der Waals surface area contributed by atoms with Gasteiger partial charge in [0.15, 0.2) is 0 Å². The lowest BCUT2D eigenvalue weighted by Gasteiger charge is -2.31. The number of aliphatic hydroxyl groups excluding tert-OH is 2. The van der Waals surface area contributed by atoms with Crippen molar-refractivity contribution in [2.45, 2.75) is 117 Å². The van der Waals surface area contributed by atoms with Crippen molar-refractivity contribution >= 4 is 161 Å². The summed E-state index contributed by atoms with van der Waals surface area (Å²) in [6.07, 6.45) is 19.9. The molecule has 0 saturated carbocycles. The van der Waals surface area contributed by atoms with E-state index in [1.165, 1.54) is 77.0 Å². The number of nitrogens with one attached hydrogen (secondary N) is 6. The lowest BCUT2D eigenvalue weighted by atomic mass is 9.65. The van der Waals surface area contributed by atoms with E-state index in [0.717, 1.165) is 142 Å². The number of aliphatic hydroxyl groups is 2. The summed E-state index contributed by atoms with van der Waals surface area (Å²) in [5, 5.41) is 56.5. The van der Waals surface area contributed by atoms with Gasteiger partial charge in [0.2, 0.25) is 11.6 Å². The average Bonchev–Trinajstić information content (AvgIpc) is 0.715. The minimum atomic E-state index is -0.454. The number of hydrogen-bond acceptors (Lipinski definition) is 22. The number of benzene rings is 12. The zero-order valence-electron chi connectivity index (χ0n) is 76.0. The lowest BCUT2D eigenvalue weighted by Crippen LogP contribution is -2.49. The van der Waals surface area contributed by atoms with Gasteiger partial charge >= 0.3 is 27.9 Å². The normalized spacial score (nSPS) is 14.7. The van der Waals surface area contributed by atoms with Gasteiger partial charge in [0.25, 0.3) is 0 Å². The van der Waals surface area contributed by atoms with Crippen LogP contribution in [0.15, 0.2) is 240 Å². The highest BCUT2D eigenvalue weighted by molar-refractivity contribution is 6.82. The molecule has 0 bridgehead atoms. The molecule has 4 heterocycles. The summed E-state index contributed by atoms with van der Waals surface area (Å²) in [7, 11) is 3.29. The molecule has 0 saturated heterocycles. The standard InChI is InChI=1S/C56H64B2N4O4.C50H52B2N4O10/c1-3-5-7-9-11-13-15-21-37-65-47-31-19-17-27-43(47)57-59-45-29-23-25-39-33-35-41(53(61-57)49(39)45)51-55(63)52(56(51)64)42-36-34-40-26-24-30-46-50(40)54(42)62-58(60-46)44-28-18-20-32-48(44)66-38-22-16-14-12-10-8-6-4-2;1-59-21-23-61-25-27-63-29-31-65-37-15-11-35(12-16-37)51-53-41-7-3-5-33-9-19-39(47(55-51)43(33)41)45-49(57)46(50(45)58)40-20-10-34-6-4-8-42-44(34)48(40)56-52(54-42)36-13-17-38(18-14-36)66-32-30-64-28-26-62-24-22-60-2/h17-20,23-36,59-61,63H,3-16,21-22,37-38H2,1-2H3;3-20,53-55,57H,21-32H2,1-2H3. The fourth-order valence-electron chi connectivity index (χ4n) is 18.5. The Labute approximate surface area is 773 Å². The average molecular weight is 1770 g/mol. The van der Waals surface area contributed by atoms with Gasteiger partial charge < -0.3 is 98.8 Å². The maximum absolute atomic E-state index is 14.7. The Balaban J connectivity index is 0.000000184. The fourth-order valence-corrected chi connectivity index (χ4v) is 18.5. The van der Waals surface area contributed by atoms with Gasteiger partial charge in [-0.2, -0.15) is 0 Å². The van der Waals surface area contributed by atoms with Gasteiger partial charge in [0, 0.05) is 102 Å².